The van der Waals surface area contributed by atoms with E-state index in [-0.39, 0.29) is 33.3 Å². The second-order valence-electron chi connectivity index (χ2n) is 7.90. The predicted molar refractivity (Wildman–Crippen MR) is 111 cm³/mol. The molecule has 3 aliphatic heterocycles. The van der Waals surface area contributed by atoms with E-state index in [0.29, 0.717) is 43.1 Å². The minimum Gasteiger partial charge on any atom is -0.378 e. The van der Waals surface area contributed by atoms with E-state index in [9.17, 15) is 13.2 Å². The Balaban J connectivity index is 1.71. The van der Waals surface area contributed by atoms with Crippen LogP contribution in [0, 0.1) is 0 Å². The number of halogens is 1. The lowest BCUT2D eigenvalue weighted by Gasteiger charge is -2.27. The van der Waals surface area contributed by atoms with Crippen molar-refractivity contribution < 1.29 is 17.9 Å². The molecular formula is C20H23ClN4O4S. The van der Waals surface area contributed by atoms with E-state index in [2.05, 4.69) is 5.32 Å². The highest BCUT2D eigenvalue weighted by atomic mass is 35.5. The van der Waals surface area contributed by atoms with Gasteiger partial charge in [0.1, 0.15) is 0 Å². The lowest BCUT2D eigenvalue weighted by molar-refractivity contribution is 0.0297. The monoisotopic (exact) mass is 450 g/mol. The lowest BCUT2D eigenvalue weighted by Crippen LogP contribution is -2.41. The van der Waals surface area contributed by atoms with E-state index in [0.717, 1.165) is 25.9 Å². The summed E-state index contributed by atoms with van der Waals surface area (Å²) in [6, 6.07) is 5.14. The maximum absolute atomic E-state index is 13.3. The molecule has 4 heterocycles. The summed E-state index contributed by atoms with van der Waals surface area (Å²) >= 11 is 6.31. The second-order valence-corrected chi connectivity index (χ2v) is 10.2. The topological polar surface area (TPSA) is 93.5 Å². The molecule has 2 aromatic rings. The van der Waals surface area contributed by atoms with E-state index >= 15 is 0 Å². The van der Waals surface area contributed by atoms with Crippen LogP contribution in [0.2, 0.25) is 5.02 Å². The van der Waals surface area contributed by atoms with Crippen LogP contribution in [0.25, 0.3) is 11.3 Å². The fourth-order valence-corrected chi connectivity index (χ4v) is 6.75. The number of morpholine rings is 1. The number of rotatable bonds is 2. The van der Waals surface area contributed by atoms with Crippen LogP contribution in [0.5, 0.6) is 0 Å². The third-order valence-electron chi connectivity index (χ3n) is 5.99. The van der Waals surface area contributed by atoms with Crippen LogP contribution in [-0.4, -0.2) is 68.4 Å². The predicted octanol–water partition coefficient (Wildman–Crippen LogP) is 1.89. The van der Waals surface area contributed by atoms with Crippen molar-refractivity contribution >= 4 is 27.3 Å². The highest BCUT2D eigenvalue weighted by molar-refractivity contribution is 7.91. The molecule has 2 saturated heterocycles. The number of sulfone groups is 1. The van der Waals surface area contributed by atoms with Gasteiger partial charge in [0.15, 0.2) is 15.5 Å². The van der Waals surface area contributed by atoms with Crippen molar-refractivity contribution in [3.63, 3.8) is 0 Å². The quantitative estimate of drug-likeness (QED) is 0.751. The van der Waals surface area contributed by atoms with Gasteiger partial charge in [-0.1, -0.05) is 23.7 Å². The molecular weight excluding hydrogens is 428 g/mol. The number of fused-ring (bicyclic) bond motifs is 3. The Morgan fingerprint density at radius 3 is 2.80 bits per heavy atom. The van der Waals surface area contributed by atoms with E-state index in [1.807, 2.05) is 4.68 Å². The van der Waals surface area contributed by atoms with Gasteiger partial charge in [-0.15, -0.1) is 0 Å². The van der Waals surface area contributed by atoms with Gasteiger partial charge in [0, 0.05) is 30.8 Å². The molecule has 5 rings (SSSR count). The summed E-state index contributed by atoms with van der Waals surface area (Å²) in [5.41, 5.74) is 1.94. The van der Waals surface area contributed by atoms with Crippen LogP contribution in [0.15, 0.2) is 23.1 Å². The Morgan fingerprint density at radius 1 is 1.27 bits per heavy atom. The standard InChI is InChI=1S/C20H23ClN4O4S/c21-16-5-1-4-14-18-15(12-30(27,28)19(14)16)17(20(26)24-7-9-29-10-8-24)23-25(18)13-3-2-6-22-11-13/h1,4-5,13,22H,2-3,6-12H2/t13-/m0/s1. The molecule has 1 aromatic heterocycles. The largest absolute Gasteiger partial charge is 0.378 e. The molecule has 0 bridgehead atoms. The molecule has 0 aliphatic carbocycles. The van der Waals surface area contributed by atoms with Crippen molar-refractivity contribution in [3.8, 4) is 11.3 Å². The van der Waals surface area contributed by atoms with Gasteiger partial charge in [0.05, 0.1) is 40.6 Å². The third-order valence-corrected chi connectivity index (χ3v) is 8.15. The summed E-state index contributed by atoms with van der Waals surface area (Å²) in [6.07, 6.45) is 1.90. The summed E-state index contributed by atoms with van der Waals surface area (Å²) in [5.74, 6) is -0.511. The van der Waals surface area contributed by atoms with Crippen LogP contribution in [0.4, 0.5) is 0 Å². The van der Waals surface area contributed by atoms with Gasteiger partial charge in [0.25, 0.3) is 5.91 Å². The van der Waals surface area contributed by atoms with Gasteiger partial charge < -0.3 is 15.0 Å². The van der Waals surface area contributed by atoms with Crippen molar-refractivity contribution in [3.05, 3.63) is 34.5 Å². The molecule has 160 valence electrons. The van der Waals surface area contributed by atoms with Crippen LogP contribution in [-0.2, 0) is 20.3 Å². The molecule has 0 saturated carbocycles. The summed E-state index contributed by atoms with van der Waals surface area (Å²) in [4.78, 5) is 15.1. The number of nitrogens with zero attached hydrogens (tertiary/aromatic N) is 3. The van der Waals surface area contributed by atoms with Gasteiger partial charge in [-0.25, -0.2) is 8.42 Å². The van der Waals surface area contributed by atoms with E-state index in [1.54, 1.807) is 23.1 Å². The van der Waals surface area contributed by atoms with Crippen molar-refractivity contribution in [2.45, 2.75) is 29.5 Å². The molecule has 1 aromatic carbocycles. The average molecular weight is 451 g/mol. The van der Waals surface area contributed by atoms with Gasteiger partial charge in [0.2, 0.25) is 0 Å². The normalized spacial score (nSPS) is 23.0. The average Bonchev–Trinajstić information content (AvgIpc) is 3.13. The number of amides is 1. The number of hydrogen-bond acceptors (Lipinski definition) is 6. The molecule has 0 radical (unpaired) electrons. The molecule has 3 aliphatic rings. The lowest BCUT2D eigenvalue weighted by atomic mass is 10.0. The first-order valence-electron chi connectivity index (χ1n) is 10.2. The van der Waals surface area contributed by atoms with Gasteiger partial charge in [-0.2, -0.15) is 5.10 Å². The number of benzene rings is 1. The zero-order valence-electron chi connectivity index (χ0n) is 16.4. The van der Waals surface area contributed by atoms with Crippen LogP contribution in [0.1, 0.15) is 34.9 Å². The Hall–Kier alpha value is -1.94. The molecule has 0 unspecified atom stereocenters. The molecule has 8 nitrogen and oxygen atoms in total. The van der Waals surface area contributed by atoms with Gasteiger partial charge in [-0.3, -0.25) is 9.48 Å². The number of piperidine rings is 1. The van der Waals surface area contributed by atoms with Crippen LogP contribution < -0.4 is 5.32 Å². The maximum atomic E-state index is 13.3. The van der Waals surface area contributed by atoms with E-state index < -0.39 is 9.84 Å². The Kier molecular flexibility index (Phi) is 5.09. The summed E-state index contributed by atoms with van der Waals surface area (Å²) < 4.78 is 33.4. The zero-order valence-corrected chi connectivity index (χ0v) is 18.0. The first kappa shape index (κ1) is 20.0. The van der Waals surface area contributed by atoms with Crippen molar-refractivity contribution in [1.82, 2.24) is 20.0 Å². The molecule has 0 spiro atoms. The third kappa shape index (κ3) is 3.24. The first-order chi connectivity index (χ1) is 14.5. The van der Waals surface area contributed by atoms with Crippen molar-refractivity contribution in [2.24, 2.45) is 0 Å². The molecule has 1 amide bonds. The second kappa shape index (κ2) is 7.64. The Morgan fingerprint density at radius 2 is 2.07 bits per heavy atom. The fourth-order valence-electron chi connectivity index (χ4n) is 4.56. The summed E-state index contributed by atoms with van der Waals surface area (Å²) in [6.45, 7) is 3.55. The molecule has 1 atom stereocenters. The summed E-state index contributed by atoms with van der Waals surface area (Å²) in [5, 5.41) is 8.30. The number of nitrogens with one attached hydrogen (secondary N) is 1. The number of ether oxygens (including phenoxy) is 1. The molecule has 10 heteroatoms. The molecule has 30 heavy (non-hydrogen) atoms. The van der Waals surface area contributed by atoms with Crippen LogP contribution >= 0.6 is 11.6 Å². The van der Waals surface area contributed by atoms with E-state index in [4.69, 9.17) is 21.4 Å². The molecule has 2 fully saturated rings. The summed E-state index contributed by atoms with van der Waals surface area (Å²) in [7, 11) is -3.69. The highest BCUT2D eigenvalue weighted by Crippen LogP contribution is 2.44. The smallest absolute Gasteiger partial charge is 0.274 e. The van der Waals surface area contributed by atoms with Crippen molar-refractivity contribution in [2.75, 3.05) is 39.4 Å². The fraction of sp³-hybridized carbons (Fsp3) is 0.500. The minimum atomic E-state index is -3.69. The number of carbonyl (C=O) groups is 1. The minimum absolute atomic E-state index is 0.0476. The zero-order chi connectivity index (χ0) is 20.9. The first-order valence-corrected chi connectivity index (χ1v) is 12.2. The van der Waals surface area contributed by atoms with Gasteiger partial charge in [-0.05, 0) is 25.5 Å². The number of hydrogen-bond donors (Lipinski definition) is 1. The SMILES string of the molecule is O=C(c1nn([C@H]2CCCNC2)c2c1CS(=O)(=O)c1c(Cl)cccc1-2)N1CCOCC1. The van der Waals surface area contributed by atoms with E-state index in [1.165, 1.54) is 0 Å². The highest BCUT2D eigenvalue weighted by Gasteiger charge is 2.39. The number of carbonyl (C=O) groups excluding carboxylic acids is 1. The maximum Gasteiger partial charge on any atom is 0.274 e. The Bertz CT molecular complexity index is 1100. The van der Waals surface area contributed by atoms with Crippen molar-refractivity contribution in [1.29, 1.82) is 0 Å². The van der Waals surface area contributed by atoms with Crippen LogP contribution in [0.3, 0.4) is 0 Å². The Labute approximate surface area is 180 Å². The van der Waals surface area contributed by atoms with Gasteiger partial charge >= 0.3 is 0 Å². The molecule has 1 N–H and O–H groups in total. The number of aromatic nitrogens is 2.